The largest absolute Gasteiger partial charge is 0.483 e. The van der Waals surface area contributed by atoms with Gasteiger partial charge in [0.1, 0.15) is 11.6 Å². The highest BCUT2D eigenvalue weighted by Gasteiger charge is 2.09. The zero-order chi connectivity index (χ0) is 12.1. The molecular formula is C11H16ClN3O2. The lowest BCUT2D eigenvalue weighted by atomic mass is 10.2. The van der Waals surface area contributed by atoms with Gasteiger partial charge in [0.25, 0.3) is 5.91 Å². The van der Waals surface area contributed by atoms with E-state index < -0.39 is 0 Å². The Morgan fingerprint density at radius 3 is 2.53 bits per heavy atom. The van der Waals surface area contributed by atoms with Crippen molar-refractivity contribution >= 4 is 24.1 Å². The summed E-state index contributed by atoms with van der Waals surface area (Å²) in [5.74, 6) is 0.233. The van der Waals surface area contributed by atoms with Gasteiger partial charge in [-0.3, -0.25) is 10.2 Å². The Hall–Kier alpha value is -1.75. The molecule has 1 aromatic carbocycles. The molecule has 1 amide bonds. The highest BCUT2D eigenvalue weighted by atomic mass is 35.5. The van der Waals surface area contributed by atoms with Crippen LogP contribution in [0.1, 0.15) is 5.56 Å². The number of ether oxygens (including phenoxy) is 1. The number of nitrogens with zero attached hydrogens (tertiary/aromatic N) is 1. The first-order valence-electron chi connectivity index (χ1n) is 4.78. The van der Waals surface area contributed by atoms with Gasteiger partial charge in [-0.25, -0.2) is 0 Å². The number of nitrogen functional groups attached to an aromatic ring is 1. The number of hydrogen-bond donors (Lipinski definition) is 2. The summed E-state index contributed by atoms with van der Waals surface area (Å²) in [5, 5.41) is 7.35. The molecule has 0 bridgehead atoms. The standard InChI is InChI=1S/C11H15N3O2.ClH/c1-14(2)10(15)7-16-9-6-4-3-5-8(9)11(12)13;/h3-6H,7H2,1-2H3,(H3,12,13);1H. The number of para-hydroxylation sites is 1. The molecule has 1 rings (SSSR count). The van der Waals surface area contributed by atoms with Gasteiger partial charge < -0.3 is 15.4 Å². The molecule has 0 unspecified atom stereocenters. The average Bonchev–Trinajstić information content (AvgIpc) is 2.25. The van der Waals surface area contributed by atoms with E-state index in [9.17, 15) is 4.79 Å². The van der Waals surface area contributed by atoms with Crippen LogP contribution in [0.25, 0.3) is 0 Å². The highest BCUT2D eigenvalue weighted by molar-refractivity contribution is 5.97. The van der Waals surface area contributed by atoms with E-state index in [0.717, 1.165) is 0 Å². The van der Waals surface area contributed by atoms with Crippen molar-refractivity contribution in [3.63, 3.8) is 0 Å². The van der Waals surface area contributed by atoms with Gasteiger partial charge in [-0.15, -0.1) is 12.4 Å². The van der Waals surface area contributed by atoms with Crippen LogP contribution in [0.4, 0.5) is 0 Å². The normalized spacial score (nSPS) is 9.06. The van der Waals surface area contributed by atoms with Crippen LogP contribution in [0.15, 0.2) is 24.3 Å². The molecule has 0 heterocycles. The molecule has 0 aliphatic rings. The summed E-state index contributed by atoms with van der Waals surface area (Å²) in [4.78, 5) is 12.8. The quantitative estimate of drug-likeness (QED) is 0.620. The van der Waals surface area contributed by atoms with E-state index in [1.807, 2.05) is 0 Å². The first kappa shape index (κ1) is 15.2. The fourth-order valence-electron chi connectivity index (χ4n) is 1.08. The zero-order valence-electron chi connectivity index (χ0n) is 9.77. The number of hydrogen-bond acceptors (Lipinski definition) is 3. The number of carbonyl (C=O) groups is 1. The summed E-state index contributed by atoms with van der Waals surface area (Å²) in [5.41, 5.74) is 5.88. The van der Waals surface area contributed by atoms with Gasteiger partial charge in [0.05, 0.1) is 5.56 Å². The molecule has 0 aromatic heterocycles. The highest BCUT2D eigenvalue weighted by Crippen LogP contribution is 2.16. The van der Waals surface area contributed by atoms with E-state index in [4.69, 9.17) is 15.9 Å². The average molecular weight is 258 g/mol. The van der Waals surface area contributed by atoms with Crippen LogP contribution in [-0.2, 0) is 4.79 Å². The van der Waals surface area contributed by atoms with Crippen molar-refractivity contribution in [1.29, 1.82) is 5.41 Å². The van der Waals surface area contributed by atoms with Crippen LogP contribution in [0.5, 0.6) is 5.75 Å². The second-order valence-electron chi connectivity index (χ2n) is 3.49. The maximum atomic E-state index is 11.3. The lowest BCUT2D eigenvalue weighted by molar-refractivity contribution is -0.130. The van der Waals surface area contributed by atoms with E-state index in [0.29, 0.717) is 11.3 Å². The van der Waals surface area contributed by atoms with Crippen molar-refractivity contribution in [3.8, 4) is 5.75 Å². The number of rotatable bonds is 4. The number of amidine groups is 1. The number of nitrogens with one attached hydrogen (secondary N) is 1. The van der Waals surface area contributed by atoms with E-state index in [-0.39, 0.29) is 30.8 Å². The Morgan fingerprint density at radius 1 is 1.41 bits per heavy atom. The molecule has 0 saturated heterocycles. The number of nitrogens with two attached hydrogens (primary N) is 1. The van der Waals surface area contributed by atoms with Crippen LogP contribution in [0.3, 0.4) is 0 Å². The first-order chi connectivity index (χ1) is 7.52. The Balaban J connectivity index is 0.00000256. The molecule has 0 aliphatic carbocycles. The molecule has 5 nitrogen and oxygen atoms in total. The van der Waals surface area contributed by atoms with Gasteiger partial charge in [0.15, 0.2) is 6.61 Å². The second kappa shape index (κ2) is 6.75. The van der Waals surface area contributed by atoms with E-state index in [2.05, 4.69) is 0 Å². The topological polar surface area (TPSA) is 79.4 Å². The van der Waals surface area contributed by atoms with Gasteiger partial charge in [-0.05, 0) is 12.1 Å². The van der Waals surface area contributed by atoms with Gasteiger partial charge in [-0.1, -0.05) is 12.1 Å². The SMILES string of the molecule is CN(C)C(=O)COc1ccccc1C(=N)N.Cl. The van der Waals surface area contributed by atoms with Crippen molar-refractivity contribution < 1.29 is 9.53 Å². The molecule has 1 aromatic rings. The zero-order valence-corrected chi connectivity index (χ0v) is 10.6. The van der Waals surface area contributed by atoms with Gasteiger partial charge in [0, 0.05) is 14.1 Å². The first-order valence-corrected chi connectivity index (χ1v) is 4.78. The second-order valence-corrected chi connectivity index (χ2v) is 3.49. The van der Waals surface area contributed by atoms with Crippen LogP contribution >= 0.6 is 12.4 Å². The molecule has 6 heteroatoms. The van der Waals surface area contributed by atoms with Crippen molar-refractivity contribution in [2.45, 2.75) is 0 Å². The lowest BCUT2D eigenvalue weighted by Gasteiger charge is -2.13. The summed E-state index contributed by atoms with van der Waals surface area (Å²) in [7, 11) is 3.31. The van der Waals surface area contributed by atoms with Gasteiger partial charge in [0.2, 0.25) is 0 Å². The minimum absolute atomic E-state index is 0. The van der Waals surface area contributed by atoms with Crippen molar-refractivity contribution in [1.82, 2.24) is 4.90 Å². The summed E-state index contributed by atoms with van der Waals surface area (Å²) in [6.45, 7) is -0.0582. The Labute approximate surface area is 106 Å². The molecule has 94 valence electrons. The van der Waals surface area contributed by atoms with Crippen LogP contribution in [0.2, 0.25) is 0 Å². The molecule has 0 atom stereocenters. The van der Waals surface area contributed by atoms with Crippen LogP contribution < -0.4 is 10.5 Å². The maximum Gasteiger partial charge on any atom is 0.259 e. The third-order valence-electron chi connectivity index (χ3n) is 2.03. The molecule has 0 fully saturated rings. The Kier molecular flexibility index (Phi) is 6.06. The summed E-state index contributed by atoms with van der Waals surface area (Å²) >= 11 is 0. The fraction of sp³-hybridized carbons (Fsp3) is 0.273. The number of carbonyl (C=O) groups excluding carboxylic acids is 1. The number of halogens is 1. The van der Waals surface area contributed by atoms with Gasteiger partial charge >= 0.3 is 0 Å². The number of benzene rings is 1. The number of amides is 1. The van der Waals surface area contributed by atoms with E-state index in [1.165, 1.54) is 4.90 Å². The monoisotopic (exact) mass is 257 g/mol. The summed E-state index contributed by atoms with van der Waals surface area (Å²) < 4.78 is 5.31. The fourth-order valence-corrected chi connectivity index (χ4v) is 1.08. The minimum atomic E-state index is -0.140. The molecule has 0 saturated carbocycles. The Bertz CT molecular complexity index is 407. The lowest BCUT2D eigenvalue weighted by Crippen LogP contribution is -2.28. The van der Waals surface area contributed by atoms with Crippen molar-refractivity contribution in [3.05, 3.63) is 29.8 Å². The third-order valence-corrected chi connectivity index (χ3v) is 2.03. The molecule has 3 N–H and O–H groups in total. The summed E-state index contributed by atoms with van der Waals surface area (Å²) in [6, 6.07) is 6.89. The smallest absolute Gasteiger partial charge is 0.259 e. The van der Waals surface area contributed by atoms with Crippen LogP contribution in [-0.4, -0.2) is 37.3 Å². The van der Waals surface area contributed by atoms with Crippen molar-refractivity contribution in [2.75, 3.05) is 20.7 Å². The molecule has 0 spiro atoms. The minimum Gasteiger partial charge on any atom is -0.483 e. The predicted octanol–water partition coefficient (Wildman–Crippen LogP) is 0.859. The number of likely N-dealkylation sites (N-methyl/N-ethyl adjacent to an activating group) is 1. The van der Waals surface area contributed by atoms with E-state index >= 15 is 0 Å². The Morgan fingerprint density at radius 2 is 2.00 bits per heavy atom. The molecule has 0 aliphatic heterocycles. The maximum absolute atomic E-state index is 11.3. The third kappa shape index (κ3) is 4.32. The predicted molar refractivity (Wildman–Crippen MR) is 68.9 cm³/mol. The molecule has 0 radical (unpaired) electrons. The molecular weight excluding hydrogens is 242 g/mol. The van der Waals surface area contributed by atoms with Crippen LogP contribution in [0, 0.1) is 5.41 Å². The molecule has 17 heavy (non-hydrogen) atoms. The van der Waals surface area contributed by atoms with Gasteiger partial charge in [-0.2, -0.15) is 0 Å². The van der Waals surface area contributed by atoms with E-state index in [1.54, 1.807) is 38.4 Å². The summed E-state index contributed by atoms with van der Waals surface area (Å²) in [6.07, 6.45) is 0. The van der Waals surface area contributed by atoms with Crippen molar-refractivity contribution in [2.24, 2.45) is 5.73 Å².